The molecule has 39 heavy (non-hydrogen) atoms. The molecule has 0 bridgehead atoms. The first kappa shape index (κ1) is 47.4. The van der Waals surface area contributed by atoms with E-state index in [0.717, 1.165) is 49.0 Å². The van der Waals surface area contributed by atoms with E-state index in [2.05, 4.69) is 49.1 Å². The average molecular weight is 865 g/mol. The Balaban J connectivity index is -0.000000191. The molecule has 5 rings (SSSR count). The molecule has 6 nitrogen and oxygen atoms in total. The number of aromatic nitrogens is 5. The molecule has 0 aromatic carbocycles. The van der Waals surface area contributed by atoms with Crippen LogP contribution in [0.4, 0.5) is 0 Å². The standard InChI is InChI=1S/C6H8N.C6H7O.C5H7N2.C5H7NS.C5H6NS.4Y/c2*1-5-3-6(2)7-4-5;1-4-3-5(2)7-6-4;1-4-3-7-5(2)6-4;1-4-3-6-5(2)7-4;;;;/h3-4H,1-2H3;3*3H,1-2H3;1-2H3;;;;/q3*-1;;-1;;;;. The van der Waals surface area contributed by atoms with Crippen LogP contribution in [0.3, 0.4) is 0 Å². The van der Waals surface area contributed by atoms with E-state index < -0.39 is 0 Å². The van der Waals surface area contributed by atoms with Crippen molar-refractivity contribution in [1.29, 1.82) is 0 Å². The van der Waals surface area contributed by atoms with Gasteiger partial charge >= 0.3 is 0 Å². The number of rotatable bonds is 0. The van der Waals surface area contributed by atoms with E-state index in [0.29, 0.717) is 0 Å². The molecule has 202 valence electrons. The van der Waals surface area contributed by atoms with Crippen LogP contribution in [-0.2, 0) is 131 Å². The van der Waals surface area contributed by atoms with E-state index >= 15 is 0 Å². The number of aryl methyl sites for hydroxylation is 10. The van der Waals surface area contributed by atoms with Crippen LogP contribution in [0, 0.1) is 81.7 Å². The molecule has 0 N–H and O–H groups in total. The fourth-order valence-electron chi connectivity index (χ4n) is 2.55. The van der Waals surface area contributed by atoms with E-state index in [1.165, 1.54) is 5.56 Å². The number of hydrogen-bond donors (Lipinski definition) is 0. The Hall–Kier alpha value is 1.45. The molecule has 0 fully saturated rings. The summed E-state index contributed by atoms with van der Waals surface area (Å²) in [6.07, 6.45) is 7.40. The second kappa shape index (κ2) is 27.0. The van der Waals surface area contributed by atoms with Crippen molar-refractivity contribution >= 4 is 22.7 Å². The summed E-state index contributed by atoms with van der Waals surface area (Å²) >= 11 is 3.37. The molecule has 0 aliphatic rings. The second-order valence-electron chi connectivity index (χ2n) is 7.97. The Morgan fingerprint density at radius 3 is 1.54 bits per heavy atom. The Labute approximate surface area is 343 Å². The van der Waals surface area contributed by atoms with Crippen molar-refractivity contribution in [3.63, 3.8) is 0 Å². The zero-order valence-electron chi connectivity index (χ0n) is 24.7. The van der Waals surface area contributed by atoms with Gasteiger partial charge in [0, 0.05) is 148 Å². The summed E-state index contributed by atoms with van der Waals surface area (Å²) in [7, 11) is 0. The maximum atomic E-state index is 4.84. The molecule has 0 atom stereocenters. The summed E-state index contributed by atoms with van der Waals surface area (Å²) in [5.74, 6) is 0.928. The largest absolute Gasteiger partial charge is 0.668 e. The third-order valence-electron chi connectivity index (χ3n) is 3.89. The van der Waals surface area contributed by atoms with E-state index in [1.807, 2.05) is 87.6 Å². The molecule has 0 aliphatic heterocycles. The van der Waals surface area contributed by atoms with Gasteiger partial charge in [0.1, 0.15) is 0 Å². The number of furan rings is 1. The normalized spacial score (nSPS) is 8.46. The minimum atomic E-state index is 0. The van der Waals surface area contributed by atoms with E-state index in [4.69, 9.17) is 4.42 Å². The van der Waals surface area contributed by atoms with Gasteiger partial charge in [0.05, 0.1) is 5.01 Å². The maximum Gasteiger partial charge on any atom is 0.0897 e. The predicted octanol–water partition coefficient (Wildman–Crippen LogP) is 6.92. The molecule has 0 saturated carbocycles. The first-order valence-corrected chi connectivity index (χ1v) is 12.8. The van der Waals surface area contributed by atoms with Crippen LogP contribution in [0.15, 0.2) is 34.2 Å². The van der Waals surface area contributed by atoms with Crippen molar-refractivity contribution < 1.29 is 135 Å². The van der Waals surface area contributed by atoms with Crippen LogP contribution in [0.1, 0.15) is 54.6 Å². The predicted molar refractivity (Wildman–Crippen MR) is 145 cm³/mol. The minimum Gasteiger partial charge on any atom is -0.668 e. The van der Waals surface area contributed by atoms with Crippen LogP contribution in [-0.4, -0.2) is 15.1 Å². The fraction of sp³-hybridized carbons (Fsp3) is 0.370. The van der Waals surface area contributed by atoms with Gasteiger partial charge in [-0.2, -0.15) is 18.0 Å². The van der Waals surface area contributed by atoms with Gasteiger partial charge in [-0.1, -0.05) is 68.0 Å². The van der Waals surface area contributed by atoms with Crippen LogP contribution in [0.5, 0.6) is 0 Å². The first-order chi connectivity index (χ1) is 16.4. The van der Waals surface area contributed by atoms with Crippen molar-refractivity contribution in [3.8, 4) is 0 Å². The first-order valence-electron chi connectivity index (χ1n) is 11.1. The third kappa shape index (κ3) is 25.6. The molecule has 0 unspecified atom stereocenters. The van der Waals surface area contributed by atoms with Gasteiger partial charge in [0.2, 0.25) is 0 Å². The van der Waals surface area contributed by atoms with E-state index in [1.54, 1.807) is 22.7 Å². The molecule has 0 amide bonds. The zero-order valence-corrected chi connectivity index (χ0v) is 37.6. The van der Waals surface area contributed by atoms with Crippen LogP contribution >= 0.6 is 22.7 Å². The van der Waals surface area contributed by atoms with Gasteiger partial charge in [0.25, 0.3) is 0 Å². The maximum absolute atomic E-state index is 4.84. The van der Waals surface area contributed by atoms with Crippen molar-refractivity contribution in [2.45, 2.75) is 69.2 Å². The molecule has 0 aliphatic carbocycles. The van der Waals surface area contributed by atoms with Crippen molar-refractivity contribution in [3.05, 3.63) is 96.8 Å². The summed E-state index contributed by atoms with van der Waals surface area (Å²) in [5, 5.41) is 11.8. The topological polar surface area (TPSA) is 80.0 Å². The van der Waals surface area contributed by atoms with Crippen molar-refractivity contribution in [2.24, 2.45) is 0 Å². The quantitative estimate of drug-likeness (QED) is 0.158. The number of nitrogens with zero attached hydrogens (tertiary/aromatic N) is 5. The van der Waals surface area contributed by atoms with Gasteiger partial charge in [-0.15, -0.1) is 28.8 Å². The minimum absolute atomic E-state index is 0. The molecular weight excluding hydrogens is 830 g/mol. The van der Waals surface area contributed by atoms with E-state index in [9.17, 15) is 0 Å². The SMILES string of the molecule is Cc1[c-]nc(C)s1.Cc1[c-]oc(C)c1.Cc1c[n-]c(C)c1.Cc1cc(C)[n-]n1.Cc1csc(C)n1.[Y].[Y].[Y].[Y]. The van der Waals surface area contributed by atoms with Gasteiger partial charge in [-0.3, -0.25) is 0 Å². The Bertz CT molecular complexity index is 940. The molecule has 5 aromatic rings. The average Bonchev–Trinajstić information content (AvgIpc) is 3.59. The number of thiazole rings is 2. The van der Waals surface area contributed by atoms with Gasteiger partial charge < -0.3 is 24.6 Å². The summed E-state index contributed by atoms with van der Waals surface area (Å²) in [5.41, 5.74) is 6.55. The monoisotopic (exact) mass is 865 g/mol. The molecular formula is C27H35N5OS2Y4-4. The van der Waals surface area contributed by atoms with Crippen LogP contribution in [0.2, 0.25) is 0 Å². The summed E-state index contributed by atoms with van der Waals surface area (Å²) in [6.45, 7) is 19.8. The molecule has 12 heteroatoms. The molecule has 5 heterocycles. The zero-order chi connectivity index (χ0) is 26.4. The third-order valence-corrected chi connectivity index (χ3v) is 5.57. The van der Waals surface area contributed by atoms with Gasteiger partial charge in [0.15, 0.2) is 0 Å². The summed E-state index contributed by atoms with van der Waals surface area (Å²) in [6, 6.07) is 5.94. The van der Waals surface area contributed by atoms with Crippen LogP contribution < -0.4 is 10.1 Å². The molecule has 5 aromatic heterocycles. The van der Waals surface area contributed by atoms with Gasteiger partial charge in [-0.05, 0) is 40.9 Å². The van der Waals surface area contributed by atoms with E-state index in [-0.39, 0.29) is 131 Å². The summed E-state index contributed by atoms with van der Waals surface area (Å²) in [4.78, 5) is 13.2. The Morgan fingerprint density at radius 1 is 0.769 bits per heavy atom. The Morgan fingerprint density at radius 2 is 1.41 bits per heavy atom. The van der Waals surface area contributed by atoms with Crippen molar-refractivity contribution in [1.82, 2.24) is 25.1 Å². The van der Waals surface area contributed by atoms with Crippen molar-refractivity contribution in [2.75, 3.05) is 0 Å². The molecule has 0 saturated heterocycles. The van der Waals surface area contributed by atoms with Crippen LogP contribution in [0.25, 0.3) is 0 Å². The number of hydrogen-bond acceptors (Lipinski definition) is 6. The second-order valence-corrected chi connectivity index (χ2v) is 10.4. The Kier molecular flexibility index (Phi) is 32.8. The van der Waals surface area contributed by atoms with Gasteiger partial charge in [-0.25, -0.2) is 16.3 Å². The fourth-order valence-corrected chi connectivity index (χ4v) is 3.76. The molecule has 4 radical (unpaired) electrons. The summed E-state index contributed by atoms with van der Waals surface area (Å²) < 4.78 is 4.84. The smallest absolute Gasteiger partial charge is 0.0897 e. The molecule has 0 spiro atoms.